The maximum atomic E-state index is 13.0. The molecule has 1 N–H and O–H groups in total. The fourth-order valence-corrected chi connectivity index (χ4v) is 2.41. The molecule has 2 rings (SSSR count). The van der Waals surface area contributed by atoms with Crippen LogP contribution in [0, 0.1) is 5.82 Å². The predicted molar refractivity (Wildman–Crippen MR) is 69.4 cm³/mol. The number of benzene rings is 2. The average Bonchev–Trinajstić information content (AvgIpc) is 2.37. The third-order valence-electron chi connectivity index (χ3n) is 2.38. The fraction of sp³-hybridized carbons (Fsp3) is 0.0714. The molecule has 2 nitrogen and oxygen atoms in total. The summed E-state index contributed by atoms with van der Waals surface area (Å²) in [6.45, 7) is 0. The number of hydrogen-bond donors (Lipinski definition) is 1. The van der Waals surface area contributed by atoms with E-state index in [-0.39, 0.29) is 11.4 Å². The molecule has 18 heavy (non-hydrogen) atoms. The van der Waals surface area contributed by atoms with Crippen molar-refractivity contribution in [3.05, 3.63) is 65.5 Å². The smallest absolute Gasteiger partial charge is 0.335 e. The molecule has 0 atom stereocenters. The molecule has 0 unspecified atom stereocenters. The van der Waals surface area contributed by atoms with Gasteiger partial charge in [0.15, 0.2) is 0 Å². The van der Waals surface area contributed by atoms with Crippen LogP contribution in [0.15, 0.2) is 53.4 Å². The van der Waals surface area contributed by atoms with Crippen molar-refractivity contribution in [1.82, 2.24) is 0 Å². The van der Waals surface area contributed by atoms with Crippen LogP contribution in [0.2, 0.25) is 0 Å². The van der Waals surface area contributed by atoms with Crippen LogP contribution in [0.3, 0.4) is 0 Å². The van der Waals surface area contributed by atoms with Crippen LogP contribution in [-0.4, -0.2) is 11.1 Å². The van der Waals surface area contributed by atoms with Crippen molar-refractivity contribution >= 4 is 17.7 Å². The first kappa shape index (κ1) is 12.6. The molecule has 0 bridgehead atoms. The van der Waals surface area contributed by atoms with Crippen molar-refractivity contribution in [2.24, 2.45) is 0 Å². The van der Waals surface area contributed by atoms with E-state index in [0.29, 0.717) is 5.75 Å². The average molecular weight is 262 g/mol. The summed E-state index contributed by atoms with van der Waals surface area (Å²) in [6.07, 6.45) is 0. The lowest BCUT2D eigenvalue weighted by Crippen LogP contribution is -1.95. The minimum absolute atomic E-state index is 0.257. The molecule has 2 aromatic rings. The van der Waals surface area contributed by atoms with E-state index in [1.54, 1.807) is 24.3 Å². The zero-order chi connectivity index (χ0) is 13.0. The Labute approximate surface area is 108 Å². The topological polar surface area (TPSA) is 37.3 Å². The van der Waals surface area contributed by atoms with E-state index in [1.165, 1.54) is 23.9 Å². The fourth-order valence-electron chi connectivity index (χ4n) is 1.51. The standard InChI is InChI=1S/C14H11FO2S/c15-12-5-1-3-10(7-12)9-18-13-6-2-4-11(8-13)14(16)17/h1-8H,9H2,(H,16,17). The lowest BCUT2D eigenvalue weighted by atomic mass is 10.2. The van der Waals surface area contributed by atoms with Crippen LogP contribution in [0.4, 0.5) is 4.39 Å². The van der Waals surface area contributed by atoms with Gasteiger partial charge in [0.05, 0.1) is 5.56 Å². The van der Waals surface area contributed by atoms with E-state index in [9.17, 15) is 9.18 Å². The van der Waals surface area contributed by atoms with Crippen molar-refractivity contribution in [3.63, 3.8) is 0 Å². The van der Waals surface area contributed by atoms with Crippen molar-refractivity contribution in [1.29, 1.82) is 0 Å². The van der Waals surface area contributed by atoms with Crippen molar-refractivity contribution in [2.45, 2.75) is 10.6 Å². The molecule has 0 aliphatic heterocycles. The van der Waals surface area contributed by atoms with E-state index in [2.05, 4.69) is 0 Å². The highest BCUT2D eigenvalue weighted by atomic mass is 32.2. The molecule has 0 fully saturated rings. The number of aromatic carboxylic acids is 1. The van der Waals surface area contributed by atoms with Gasteiger partial charge in [-0.05, 0) is 35.9 Å². The lowest BCUT2D eigenvalue weighted by Gasteiger charge is -2.03. The Bertz CT molecular complexity index is 569. The van der Waals surface area contributed by atoms with E-state index < -0.39 is 5.97 Å². The van der Waals surface area contributed by atoms with Gasteiger partial charge < -0.3 is 5.11 Å². The van der Waals surface area contributed by atoms with Gasteiger partial charge in [-0.25, -0.2) is 9.18 Å². The normalized spacial score (nSPS) is 10.3. The summed E-state index contributed by atoms with van der Waals surface area (Å²) in [5.41, 5.74) is 1.14. The van der Waals surface area contributed by atoms with Crippen LogP contribution in [0.5, 0.6) is 0 Å². The highest BCUT2D eigenvalue weighted by Gasteiger charge is 2.04. The lowest BCUT2D eigenvalue weighted by molar-refractivity contribution is 0.0696. The van der Waals surface area contributed by atoms with Gasteiger partial charge in [0, 0.05) is 10.6 Å². The van der Waals surface area contributed by atoms with Crippen LogP contribution < -0.4 is 0 Å². The summed E-state index contributed by atoms with van der Waals surface area (Å²) in [5.74, 6) is -0.587. The van der Waals surface area contributed by atoms with Crippen LogP contribution >= 0.6 is 11.8 Å². The summed E-state index contributed by atoms with van der Waals surface area (Å²) < 4.78 is 13.0. The summed E-state index contributed by atoms with van der Waals surface area (Å²) in [5, 5.41) is 8.87. The van der Waals surface area contributed by atoms with E-state index >= 15 is 0 Å². The van der Waals surface area contributed by atoms with Gasteiger partial charge in [-0.1, -0.05) is 18.2 Å². The molecule has 0 aliphatic rings. The number of carboxylic acids is 1. The minimum atomic E-state index is -0.941. The Hall–Kier alpha value is -1.81. The number of halogens is 1. The largest absolute Gasteiger partial charge is 0.478 e. The van der Waals surface area contributed by atoms with Crippen LogP contribution in [-0.2, 0) is 5.75 Å². The van der Waals surface area contributed by atoms with Crippen molar-refractivity contribution in [2.75, 3.05) is 0 Å². The van der Waals surface area contributed by atoms with E-state index in [1.807, 2.05) is 12.1 Å². The Morgan fingerprint density at radius 2 is 1.94 bits per heavy atom. The van der Waals surface area contributed by atoms with Gasteiger partial charge in [0.25, 0.3) is 0 Å². The Morgan fingerprint density at radius 3 is 2.67 bits per heavy atom. The maximum Gasteiger partial charge on any atom is 0.335 e. The van der Waals surface area contributed by atoms with Crippen LogP contribution in [0.1, 0.15) is 15.9 Å². The molecule has 0 saturated carbocycles. The van der Waals surface area contributed by atoms with Gasteiger partial charge >= 0.3 is 5.97 Å². The van der Waals surface area contributed by atoms with Crippen molar-refractivity contribution in [3.8, 4) is 0 Å². The molecular weight excluding hydrogens is 251 g/mol. The predicted octanol–water partition coefficient (Wildman–Crippen LogP) is 3.82. The maximum absolute atomic E-state index is 13.0. The van der Waals surface area contributed by atoms with Gasteiger partial charge in [0.1, 0.15) is 5.82 Å². The van der Waals surface area contributed by atoms with Gasteiger partial charge in [-0.3, -0.25) is 0 Å². The van der Waals surface area contributed by atoms with E-state index in [0.717, 1.165) is 10.5 Å². The number of carboxylic acid groups (broad SMARTS) is 1. The first-order chi connectivity index (χ1) is 8.65. The number of rotatable bonds is 4. The second-order valence-corrected chi connectivity index (χ2v) is 4.80. The number of carbonyl (C=O) groups is 1. The number of hydrogen-bond acceptors (Lipinski definition) is 2. The third-order valence-corrected chi connectivity index (χ3v) is 3.44. The molecule has 0 aliphatic carbocycles. The first-order valence-electron chi connectivity index (χ1n) is 5.36. The minimum Gasteiger partial charge on any atom is -0.478 e. The Kier molecular flexibility index (Phi) is 3.99. The van der Waals surface area contributed by atoms with Gasteiger partial charge in [0.2, 0.25) is 0 Å². The summed E-state index contributed by atoms with van der Waals surface area (Å²) in [6, 6.07) is 13.1. The molecule has 0 radical (unpaired) electrons. The quantitative estimate of drug-likeness (QED) is 0.851. The molecule has 4 heteroatoms. The second kappa shape index (κ2) is 5.69. The Morgan fingerprint density at radius 1 is 1.17 bits per heavy atom. The summed E-state index contributed by atoms with van der Waals surface area (Å²) >= 11 is 1.48. The molecular formula is C14H11FO2S. The van der Waals surface area contributed by atoms with Crippen LogP contribution in [0.25, 0.3) is 0 Å². The molecule has 92 valence electrons. The van der Waals surface area contributed by atoms with Gasteiger partial charge in [-0.15, -0.1) is 11.8 Å². The second-order valence-electron chi connectivity index (χ2n) is 3.75. The highest BCUT2D eigenvalue weighted by molar-refractivity contribution is 7.98. The summed E-state index contributed by atoms with van der Waals surface area (Å²) in [4.78, 5) is 11.7. The zero-order valence-electron chi connectivity index (χ0n) is 9.47. The molecule has 0 aromatic heterocycles. The molecule has 0 heterocycles. The monoisotopic (exact) mass is 262 g/mol. The zero-order valence-corrected chi connectivity index (χ0v) is 10.3. The SMILES string of the molecule is O=C(O)c1cccc(SCc2cccc(F)c2)c1. The van der Waals surface area contributed by atoms with Crippen molar-refractivity contribution < 1.29 is 14.3 Å². The van der Waals surface area contributed by atoms with Gasteiger partial charge in [-0.2, -0.15) is 0 Å². The molecule has 0 spiro atoms. The summed E-state index contributed by atoms with van der Waals surface area (Å²) in [7, 11) is 0. The highest BCUT2D eigenvalue weighted by Crippen LogP contribution is 2.23. The molecule has 0 saturated heterocycles. The third kappa shape index (κ3) is 3.34. The molecule has 0 amide bonds. The molecule has 2 aromatic carbocycles. The first-order valence-corrected chi connectivity index (χ1v) is 6.34. The number of thioether (sulfide) groups is 1. The Balaban J connectivity index is 2.06. The van der Waals surface area contributed by atoms with E-state index in [4.69, 9.17) is 5.11 Å².